The van der Waals surface area contributed by atoms with Crippen LogP contribution in [-0.4, -0.2) is 46.7 Å². The van der Waals surface area contributed by atoms with Gasteiger partial charge in [0.1, 0.15) is 0 Å². The SMILES string of the molecule is CCCCC[C@H](O)CC[C@@H]1[C@@H](CCOCCCC(=O)O)CC[C@H]1O. The maximum Gasteiger partial charge on any atom is 0.303 e. The van der Waals surface area contributed by atoms with E-state index in [4.69, 9.17) is 9.84 Å². The number of rotatable bonds is 14. The van der Waals surface area contributed by atoms with Crippen LogP contribution in [-0.2, 0) is 9.53 Å². The predicted molar refractivity (Wildman–Crippen MR) is 93.9 cm³/mol. The van der Waals surface area contributed by atoms with Gasteiger partial charge >= 0.3 is 5.97 Å². The lowest BCUT2D eigenvalue weighted by Gasteiger charge is -2.23. The molecule has 0 aliphatic heterocycles. The molecule has 0 bridgehead atoms. The van der Waals surface area contributed by atoms with Crippen LogP contribution in [0.4, 0.5) is 0 Å². The molecule has 0 unspecified atom stereocenters. The highest BCUT2D eigenvalue weighted by atomic mass is 16.5. The highest BCUT2D eigenvalue weighted by Gasteiger charge is 2.34. The molecule has 0 amide bonds. The van der Waals surface area contributed by atoms with Gasteiger partial charge in [-0.3, -0.25) is 4.79 Å². The predicted octanol–water partition coefficient (Wildman–Crippen LogP) is 3.37. The van der Waals surface area contributed by atoms with Crippen molar-refractivity contribution in [3.63, 3.8) is 0 Å². The van der Waals surface area contributed by atoms with Crippen LogP contribution in [0.25, 0.3) is 0 Å². The Bertz CT molecular complexity index is 334. The minimum absolute atomic E-state index is 0.153. The smallest absolute Gasteiger partial charge is 0.303 e. The summed E-state index contributed by atoms with van der Waals surface area (Å²) in [7, 11) is 0. The average Bonchev–Trinajstić information content (AvgIpc) is 2.89. The largest absolute Gasteiger partial charge is 0.481 e. The van der Waals surface area contributed by atoms with Gasteiger partial charge in [-0.1, -0.05) is 26.2 Å². The first-order valence-corrected chi connectivity index (χ1v) is 9.70. The van der Waals surface area contributed by atoms with Crippen LogP contribution in [0.15, 0.2) is 0 Å². The lowest BCUT2D eigenvalue weighted by Crippen LogP contribution is -2.22. The fourth-order valence-corrected chi connectivity index (χ4v) is 3.74. The molecule has 0 aromatic heterocycles. The van der Waals surface area contributed by atoms with Crippen molar-refractivity contribution in [2.24, 2.45) is 11.8 Å². The van der Waals surface area contributed by atoms with E-state index < -0.39 is 5.97 Å². The molecule has 1 saturated carbocycles. The Morgan fingerprint density at radius 2 is 1.92 bits per heavy atom. The summed E-state index contributed by atoms with van der Waals surface area (Å²) < 4.78 is 5.53. The number of aliphatic hydroxyl groups is 2. The van der Waals surface area contributed by atoms with Crippen molar-refractivity contribution >= 4 is 5.97 Å². The zero-order valence-electron chi connectivity index (χ0n) is 15.2. The van der Waals surface area contributed by atoms with Crippen molar-refractivity contribution in [3.8, 4) is 0 Å². The molecule has 0 aromatic rings. The summed E-state index contributed by atoms with van der Waals surface area (Å²) >= 11 is 0. The van der Waals surface area contributed by atoms with Crippen molar-refractivity contribution in [2.75, 3.05) is 13.2 Å². The van der Waals surface area contributed by atoms with Crippen LogP contribution in [0, 0.1) is 11.8 Å². The quantitative estimate of drug-likeness (QED) is 0.421. The van der Waals surface area contributed by atoms with Gasteiger partial charge in [0.15, 0.2) is 0 Å². The van der Waals surface area contributed by atoms with Crippen molar-refractivity contribution in [3.05, 3.63) is 0 Å². The topological polar surface area (TPSA) is 87.0 Å². The molecule has 24 heavy (non-hydrogen) atoms. The van der Waals surface area contributed by atoms with Crippen LogP contribution in [0.3, 0.4) is 0 Å². The van der Waals surface area contributed by atoms with E-state index in [1.54, 1.807) is 0 Å². The minimum Gasteiger partial charge on any atom is -0.481 e. The highest BCUT2D eigenvalue weighted by Crippen LogP contribution is 2.37. The van der Waals surface area contributed by atoms with E-state index in [-0.39, 0.29) is 24.5 Å². The van der Waals surface area contributed by atoms with Crippen LogP contribution in [0.2, 0.25) is 0 Å². The van der Waals surface area contributed by atoms with Gasteiger partial charge in [0, 0.05) is 19.6 Å². The molecule has 0 radical (unpaired) electrons. The summed E-state index contributed by atoms with van der Waals surface area (Å²) in [6, 6.07) is 0. The second kappa shape index (κ2) is 12.7. The first kappa shape index (κ1) is 21.4. The number of carbonyl (C=O) groups is 1. The summed E-state index contributed by atoms with van der Waals surface area (Å²) in [4.78, 5) is 10.4. The summed E-state index contributed by atoms with van der Waals surface area (Å²) in [5, 5.41) is 28.8. The molecule has 5 nitrogen and oxygen atoms in total. The maximum atomic E-state index is 10.4. The van der Waals surface area contributed by atoms with Gasteiger partial charge in [-0.2, -0.15) is 0 Å². The molecule has 3 N–H and O–H groups in total. The van der Waals surface area contributed by atoms with Gasteiger partial charge in [-0.15, -0.1) is 0 Å². The minimum atomic E-state index is -0.782. The molecule has 0 saturated heterocycles. The number of aliphatic carboxylic acids is 1. The average molecular weight is 344 g/mol. The van der Waals surface area contributed by atoms with Crippen molar-refractivity contribution in [1.29, 1.82) is 0 Å². The summed E-state index contributed by atoms with van der Waals surface area (Å²) in [6.45, 7) is 3.28. The number of aliphatic hydroxyl groups excluding tert-OH is 2. The molecule has 1 aliphatic rings. The number of ether oxygens (including phenoxy) is 1. The van der Waals surface area contributed by atoms with Crippen LogP contribution < -0.4 is 0 Å². The molecule has 142 valence electrons. The van der Waals surface area contributed by atoms with E-state index in [0.717, 1.165) is 44.9 Å². The maximum absolute atomic E-state index is 10.4. The first-order valence-electron chi connectivity index (χ1n) is 9.70. The Balaban J connectivity index is 2.18. The third-order valence-corrected chi connectivity index (χ3v) is 5.22. The summed E-state index contributed by atoms with van der Waals surface area (Å²) in [5.41, 5.74) is 0. The van der Waals surface area contributed by atoms with E-state index in [1.807, 2.05) is 0 Å². The Labute approximate surface area is 146 Å². The van der Waals surface area contributed by atoms with E-state index in [1.165, 1.54) is 12.8 Å². The molecule has 4 atom stereocenters. The van der Waals surface area contributed by atoms with Crippen molar-refractivity contribution in [2.45, 2.75) is 89.8 Å². The van der Waals surface area contributed by atoms with E-state index in [9.17, 15) is 15.0 Å². The van der Waals surface area contributed by atoms with Crippen molar-refractivity contribution < 1.29 is 24.9 Å². The molecule has 1 rings (SSSR count). The van der Waals surface area contributed by atoms with Crippen LogP contribution in [0.1, 0.15) is 77.6 Å². The van der Waals surface area contributed by atoms with Gasteiger partial charge in [0.05, 0.1) is 12.2 Å². The number of carboxylic acid groups (broad SMARTS) is 1. The number of hydrogen-bond donors (Lipinski definition) is 3. The third-order valence-electron chi connectivity index (χ3n) is 5.22. The summed E-state index contributed by atoms with van der Waals surface area (Å²) in [5.74, 6) is -0.0502. The Kier molecular flexibility index (Phi) is 11.3. The fourth-order valence-electron chi connectivity index (χ4n) is 3.74. The lowest BCUT2D eigenvalue weighted by molar-refractivity contribution is -0.137. The standard InChI is InChI=1S/C19H36O5/c1-2-3-4-6-16(20)9-10-17-15(8-11-18(17)21)12-14-24-13-5-7-19(22)23/h15-18,20-21H,2-14H2,1H3,(H,22,23)/t15-,16+,17-,18-/m1/s1. The van der Waals surface area contributed by atoms with Gasteiger partial charge < -0.3 is 20.1 Å². The highest BCUT2D eigenvalue weighted by molar-refractivity contribution is 5.66. The fraction of sp³-hybridized carbons (Fsp3) is 0.947. The lowest BCUT2D eigenvalue weighted by atomic mass is 9.87. The monoisotopic (exact) mass is 344 g/mol. The van der Waals surface area contributed by atoms with Crippen molar-refractivity contribution in [1.82, 2.24) is 0 Å². The second-order valence-corrected chi connectivity index (χ2v) is 7.19. The zero-order chi connectivity index (χ0) is 17.8. The Hall–Kier alpha value is -0.650. The molecule has 5 heteroatoms. The third kappa shape index (κ3) is 9.00. The molecule has 0 heterocycles. The Morgan fingerprint density at radius 1 is 1.12 bits per heavy atom. The summed E-state index contributed by atoms with van der Waals surface area (Å²) in [6.07, 6.45) is 8.97. The van der Waals surface area contributed by atoms with Gasteiger partial charge in [-0.05, 0) is 56.8 Å². The normalized spacial score (nSPS) is 25.0. The second-order valence-electron chi connectivity index (χ2n) is 7.19. The first-order chi connectivity index (χ1) is 11.5. The Morgan fingerprint density at radius 3 is 2.62 bits per heavy atom. The molecule has 0 spiro atoms. The van der Waals surface area contributed by atoms with Gasteiger partial charge in [0.2, 0.25) is 0 Å². The van der Waals surface area contributed by atoms with Gasteiger partial charge in [0.25, 0.3) is 0 Å². The van der Waals surface area contributed by atoms with Crippen LogP contribution in [0.5, 0.6) is 0 Å². The molecular weight excluding hydrogens is 308 g/mol. The number of carboxylic acids is 1. The molecule has 1 fully saturated rings. The van der Waals surface area contributed by atoms with E-state index >= 15 is 0 Å². The van der Waals surface area contributed by atoms with Gasteiger partial charge in [-0.25, -0.2) is 0 Å². The molecule has 0 aromatic carbocycles. The van der Waals surface area contributed by atoms with Crippen LogP contribution >= 0.6 is 0 Å². The van der Waals surface area contributed by atoms with E-state index in [2.05, 4.69) is 6.92 Å². The zero-order valence-corrected chi connectivity index (χ0v) is 15.2. The molecular formula is C19H36O5. The van der Waals surface area contributed by atoms with E-state index in [0.29, 0.717) is 25.6 Å². The number of unbranched alkanes of at least 4 members (excludes halogenated alkanes) is 2. The molecule has 1 aliphatic carbocycles. The number of hydrogen-bond acceptors (Lipinski definition) is 4.